The van der Waals surface area contributed by atoms with Crippen LogP contribution in [-0.4, -0.2) is 38.7 Å². The second kappa shape index (κ2) is 8.84. The summed E-state index contributed by atoms with van der Waals surface area (Å²) in [4.78, 5) is 38.1. The van der Waals surface area contributed by atoms with Crippen molar-refractivity contribution in [3.8, 4) is 0 Å². The largest absolute Gasteiger partial charge is 0.465 e. The highest BCUT2D eigenvalue weighted by Gasteiger charge is 2.27. The fraction of sp³-hybridized carbons (Fsp3) is 0.250. The Morgan fingerprint density at radius 1 is 1.00 bits per heavy atom. The predicted molar refractivity (Wildman–Crippen MR) is 99.0 cm³/mol. The van der Waals surface area contributed by atoms with E-state index in [9.17, 15) is 14.4 Å². The second-order valence-corrected chi connectivity index (χ2v) is 5.54. The average molecular weight is 371 g/mol. The maximum Gasteiger partial charge on any atom is 0.355 e. The van der Waals surface area contributed by atoms with Crippen molar-refractivity contribution in [2.24, 2.45) is 0 Å². The first-order valence-corrected chi connectivity index (χ1v) is 8.27. The van der Waals surface area contributed by atoms with Crippen LogP contribution in [0.3, 0.4) is 0 Å². The Kier molecular flexibility index (Phi) is 6.54. The first-order valence-electron chi connectivity index (χ1n) is 8.27. The van der Waals surface area contributed by atoms with Crippen molar-refractivity contribution < 1.29 is 28.6 Å². The molecule has 0 spiro atoms. The normalized spacial score (nSPS) is 13.3. The van der Waals surface area contributed by atoms with Crippen molar-refractivity contribution in [2.45, 2.75) is 13.8 Å². The van der Waals surface area contributed by atoms with Crippen molar-refractivity contribution >= 4 is 23.6 Å². The van der Waals surface area contributed by atoms with Crippen molar-refractivity contribution in [3.63, 3.8) is 0 Å². The van der Waals surface area contributed by atoms with E-state index in [-0.39, 0.29) is 17.9 Å². The quantitative estimate of drug-likeness (QED) is 0.581. The van der Waals surface area contributed by atoms with Gasteiger partial charge in [0.2, 0.25) is 0 Å². The van der Waals surface area contributed by atoms with Gasteiger partial charge in [-0.1, -0.05) is 6.08 Å². The van der Waals surface area contributed by atoms with Gasteiger partial charge in [0.15, 0.2) is 0 Å². The number of esters is 3. The van der Waals surface area contributed by atoms with Crippen LogP contribution in [0.2, 0.25) is 0 Å². The predicted octanol–water partition coefficient (Wildman–Crippen LogP) is 2.66. The molecule has 1 aromatic rings. The summed E-state index contributed by atoms with van der Waals surface area (Å²) in [5.74, 6) is -1.78. The Labute approximate surface area is 157 Å². The Balaban J connectivity index is 2.57. The number of aryl methyl sites for hydroxylation is 1. The lowest BCUT2D eigenvalue weighted by Crippen LogP contribution is -2.27. The molecule has 2 rings (SSSR count). The minimum absolute atomic E-state index is 0.0117. The number of carbonyl (C=O) groups excluding carboxylic acids is 3. The monoisotopic (exact) mass is 371 g/mol. The van der Waals surface area contributed by atoms with Crippen LogP contribution in [-0.2, 0) is 23.8 Å². The van der Waals surface area contributed by atoms with Gasteiger partial charge in [0.25, 0.3) is 0 Å². The van der Waals surface area contributed by atoms with Crippen molar-refractivity contribution in [1.82, 2.24) is 0 Å². The molecule has 27 heavy (non-hydrogen) atoms. The smallest absolute Gasteiger partial charge is 0.355 e. The molecular weight excluding hydrogens is 350 g/mol. The highest BCUT2D eigenvalue weighted by Crippen LogP contribution is 2.28. The zero-order valence-corrected chi connectivity index (χ0v) is 15.6. The molecule has 0 saturated heterocycles. The molecule has 0 amide bonds. The lowest BCUT2D eigenvalue weighted by atomic mass is 10.1. The first kappa shape index (κ1) is 20.0. The van der Waals surface area contributed by atoms with Crippen molar-refractivity contribution in [1.29, 1.82) is 0 Å². The van der Waals surface area contributed by atoms with Crippen LogP contribution in [0.5, 0.6) is 0 Å². The van der Waals surface area contributed by atoms with Crippen LogP contribution in [0.15, 0.2) is 53.9 Å². The molecule has 0 fully saturated rings. The fourth-order valence-corrected chi connectivity index (χ4v) is 2.60. The Hall–Kier alpha value is -3.35. The summed E-state index contributed by atoms with van der Waals surface area (Å²) in [5, 5.41) is 0. The van der Waals surface area contributed by atoms with Crippen LogP contribution in [0.4, 0.5) is 5.69 Å². The van der Waals surface area contributed by atoms with E-state index in [0.29, 0.717) is 16.8 Å². The van der Waals surface area contributed by atoms with E-state index >= 15 is 0 Å². The number of anilines is 1. The van der Waals surface area contributed by atoms with E-state index in [1.165, 1.54) is 25.2 Å². The molecule has 1 aliphatic rings. The van der Waals surface area contributed by atoms with Gasteiger partial charge < -0.3 is 19.1 Å². The number of carbonyl (C=O) groups is 3. The molecule has 7 nitrogen and oxygen atoms in total. The number of benzene rings is 1. The summed E-state index contributed by atoms with van der Waals surface area (Å²) in [7, 11) is 2.47. The van der Waals surface area contributed by atoms with Gasteiger partial charge in [-0.15, -0.1) is 0 Å². The number of methoxy groups -OCH3 is 2. The van der Waals surface area contributed by atoms with Crippen LogP contribution in [0.1, 0.15) is 22.8 Å². The van der Waals surface area contributed by atoms with Gasteiger partial charge in [-0.3, -0.25) is 0 Å². The molecule has 142 valence electrons. The van der Waals surface area contributed by atoms with E-state index in [4.69, 9.17) is 14.2 Å². The van der Waals surface area contributed by atoms with E-state index in [0.717, 1.165) is 0 Å². The van der Waals surface area contributed by atoms with Gasteiger partial charge in [0.05, 0.1) is 32.0 Å². The number of hydrogen-bond donors (Lipinski definition) is 0. The molecule has 0 atom stereocenters. The van der Waals surface area contributed by atoms with Gasteiger partial charge in [0.1, 0.15) is 5.70 Å². The summed E-state index contributed by atoms with van der Waals surface area (Å²) < 4.78 is 14.7. The third kappa shape index (κ3) is 4.25. The molecule has 1 aromatic carbocycles. The molecule has 0 N–H and O–H groups in total. The van der Waals surface area contributed by atoms with Gasteiger partial charge in [-0.05, 0) is 49.8 Å². The Morgan fingerprint density at radius 3 is 2.30 bits per heavy atom. The molecule has 0 bridgehead atoms. The SMILES string of the molecule is CCOC(=O)c1ccc(N2C=CC=CC(C(=O)OC)=C2C(=O)OC)cc1C. The van der Waals surface area contributed by atoms with E-state index in [1.807, 2.05) is 0 Å². The summed E-state index contributed by atoms with van der Waals surface area (Å²) in [6, 6.07) is 4.99. The van der Waals surface area contributed by atoms with E-state index < -0.39 is 17.9 Å². The number of hydrogen-bond acceptors (Lipinski definition) is 7. The summed E-state index contributed by atoms with van der Waals surface area (Å²) in [6.07, 6.45) is 6.40. The number of ether oxygens (including phenoxy) is 3. The summed E-state index contributed by atoms with van der Waals surface area (Å²) >= 11 is 0. The third-order valence-corrected chi connectivity index (χ3v) is 3.87. The molecule has 0 aromatic heterocycles. The summed E-state index contributed by atoms with van der Waals surface area (Å²) in [6.45, 7) is 3.77. The number of rotatable bonds is 5. The molecule has 0 aliphatic carbocycles. The van der Waals surface area contributed by atoms with Gasteiger partial charge in [-0.25, -0.2) is 14.4 Å². The lowest BCUT2D eigenvalue weighted by Gasteiger charge is -2.23. The van der Waals surface area contributed by atoms with E-state index in [2.05, 4.69) is 0 Å². The zero-order chi connectivity index (χ0) is 20.0. The third-order valence-electron chi connectivity index (χ3n) is 3.87. The Morgan fingerprint density at radius 2 is 1.70 bits per heavy atom. The maximum absolute atomic E-state index is 12.4. The topological polar surface area (TPSA) is 82.1 Å². The minimum atomic E-state index is -0.696. The molecule has 1 heterocycles. The van der Waals surface area contributed by atoms with Gasteiger partial charge >= 0.3 is 17.9 Å². The standard InChI is InChI=1S/C20H21NO6/c1-5-27-19(23)15-10-9-14(12-13(15)2)21-11-7-6-8-16(18(22)25-3)17(21)20(24)26-4/h6-12H,5H2,1-4H3. The zero-order valence-electron chi connectivity index (χ0n) is 15.6. The first-order chi connectivity index (χ1) is 12.9. The highest BCUT2D eigenvalue weighted by molar-refractivity contribution is 6.05. The molecule has 0 saturated carbocycles. The number of nitrogens with zero attached hydrogens (tertiary/aromatic N) is 1. The average Bonchev–Trinajstić information content (AvgIpc) is 2.89. The molecule has 7 heteroatoms. The fourth-order valence-electron chi connectivity index (χ4n) is 2.60. The Bertz CT molecular complexity index is 850. The van der Waals surface area contributed by atoms with Crippen LogP contribution < -0.4 is 4.90 Å². The molecule has 0 unspecified atom stereocenters. The second-order valence-electron chi connectivity index (χ2n) is 5.54. The van der Waals surface area contributed by atoms with Crippen molar-refractivity contribution in [3.05, 3.63) is 65.0 Å². The summed E-state index contributed by atoms with van der Waals surface area (Å²) in [5.41, 5.74) is 1.73. The van der Waals surface area contributed by atoms with Crippen LogP contribution in [0, 0.1) is 6.92 Å². The molecular formula is C20H21NO6. The number of allylic oxidation sites excluding steroid dienone is 2. The lowest BCUT2D eigenvalue weighted by molar-refractivity contribution is -0.139. The maximum atomic E-state index is 12.4. The van der Waals surface area contributed by atoms with E-state index in [1.54, 1.807) is 50.4 Å². The van der Waals surface area contributed by atoms with Gasteiger partial charge in [0, 0.05) is 11.9 Å². The van der Waals surface area contributed by atoms with Gasteiger partial charge in [-0.2, -0.15) is 0 Å². The molecule has 1 aliphatic heterocycles. The minimum Gasteiger partial charge on any atom is -0.465 e. The van der Waals surface area contributed by atoms with Crippen LogP contribution >= 0.6 is 0 Å². The van der Waals surface area contributed by atoms with Crippen molar-refractivity contribution in [2.75, 3.05) is 25.7 Å². The van der Waals surface area contributed by atoms with Crippen LogP contribution in [0.25, 0.3) is 0 Å². The highest BCUT2D eigenvalue weighted by atomic mass is 16.5. The molecule has 0 radical (unpaired) electrons.